The summed E-state index contributed by atoms with van der Waals surface area (Å²) in [6.45, 7) is 4.50. The molecule has 1 aromatic carbocycles. The first-order chi connectivity index (χ1) is 10.3. The molecule has 1 fully saturated rings. The largest absolute Gasteiger partial charge is 0.371 e. The third-order valence-corrected chi connectivity index (χ3v) is 4.04. The molecule has 2 nitrogen and oxygen atoms in total. The van der Waals surface area contributed by atoms with Gasteiger partial charge in [0.2, 0.25) is 0 Å². The highest BCUT2D eigenvalue weighted by molar-refractivity contribution is 5.70. The fourth-order valence-corrected chi connectivity index (χ4v) is 2.84. The van der Waals surface area contributed by atoms with Crippen molar-refractivity contribution in [2.45, 2.75) is 26.2 Å². The van der Waals surface area contributed by atoms with Crippen molar-refractivity contribution in [2.75, 3.05) is 18.0 Å². The van der Waals surface area contributed by atoms with E-state index in [0.717, 1.165) is 5.69 Å². The van der Waals surface area contributed by atoms with Crippen molar-refractivity contribution in [1.29, 1.82) is 0 Å². The molecule has 2 aromatic rings. The number of hydrogen-bond acceptors (Lipinski definition) is 2. The average Bonchev–Trinajstić information content (AvgIpc) is 2.56. The fraction of sp³-hybridized carbons (Fsp3) is 0.316. The second-order valence-corrected chi connectivity index (χ2v) is 5.69. The molecule has 0 saturated carbocycles. The van der Waals surface area contributed by atoms with Gasteiger partial charge in [0.05, 0.1) is 5.69 Å². The third-order valence-electron chi connectivity index (χ3n) is 4.04. The Bertz CT molecular complexity index is 611. The van der Waals surface area contributed by atoms with Crippen LogP contribution in [0.2, 0.25) is 0 Å². The number of rotatable bonds is 3. The summed E-state index contributed by atoms with van der Waals surface area (Å²) in [6.07, 6.45) is 10.2. The summed E-state index contributed by atoms with van der Waals surface area (Å²) in [7, 11) is 0. The molecule has 108 valence electrons. The van der Waals surface area contributed by atoms with Crippen LogP contribution in [0.3, 0.4) is 0 Å². The monoisotopic (exact) mass is 278 g/mol. The third kappa shape index (κ3) is 3.52. The van der Waals surface area contributed by atoms with Crippen LogP contribution in [-0.4, -0.2) is 18.1 Å². The van der Waals surface area contributed by atoms with Gasteiger partial charge in [-0.1, -0.05) is 36.4 Å². The van der Waals surface area contributed by atoms with E-state index < -0.39 is 0 Å². The van der Waals surface area contributed by atoms with Crippen LogP contribution in [-0.2, 0) is 0 Å². The Morgan fingerprint density at radius 1 is 1.00 bits per heavy atom. The molecular weight excluding hydrogens is 256 g/mol. The molecule has 1 saturated heterocycles. The van der Waals surface area contributed by atoms with Crippen molar-refractivity contribution >= 4 is 17.8 Å². The van der Waals surface area contributed by atoms with Gasteiger partial charge in [-0.25, -0.2) is 0 Å². The summed E-state index contributed by atoms with van der Waals surface area (Å²) in [5.41, 5.74) is 4.86. The Morgan fingerprint density at radius 3 is 2.52 bits per heavy atom. The van der Waals surface area contributed by atoms with Crippen LogP contribution in [0.5, 0.6) is 0 Å². The molecule has 1 aliphatic rings. The molecular formula is C19H22N2. The van der Waals surface area contributed by atoms with Gasteiger partial charge >= 0.3 is 0 Å². The highest BCUT2D eigenvalue weighted by atomic mass is 15.1. The lowest BCUT2D eigenvalue weighted by Crippen LogP contribution is -2.30. The van der Waals surface area contributed by atoms with Gasteiger partial charge in [0.1, 0.15) is 0 Å². The minimum absolute atomic E-state index is 1.03. The smallest absolute Gasteiger partial charge is 0.0650 e. The van der Waals surface area contributed by atoms with E-state index in [4.69, 9.17) is 0 Å². The fourth-order valence-electron chi connectivity index (χ4n) is 2.84. The zero-order chi connectivity index (χ0) is 14.5. The molecule has 1 aliphatic heterocycles. The van der Waals surface area contributed by atoms with E-state index in [1.54, 1.807) is 0 Å². The number of nitrogens with zero attached hydrogens (tertiary/aromatic N) is 2. The van der Waals surface area contributed by atoms with Crippen molar-refractivity contribution in [2.24, 2.45) is 0 Å². The van der Waals surface area contributed by atoms with E-state index >= 15 is 0 Å². The molecule has 2 heterocycles. The zero-order valence-electron chi connectivity index (χ0n) is 12.6. The van der Waals surface area contributed by atoms with Gasteiger partial charge in [0.25, 0.3) is 0 Å². The van der Waals surface area contributed by atoms with Crippen molar-refractivity contribution < 1.29 is 0 Å². The van der Waals surface area contributed by atoms with Gasteiger partial charge in [-0.15, -0.1) is 0 Å². The molecule has 0 radical (unpaired) electrons. The molecule has 0 N–H and O–H groups in total. The van der Waals surface area contributed by atoms with E-state index in [-0.39, 0.29) is 0 Å². The summed E-state index contributed by atoms with van der Waals surface area (Å²) in [6, 6.07) is 12.6. The first-order valence-corrected chi connectivity index (χ1v) is 7.78. The quantitative estimate of drug-likeness (QED) is 0.818. The number of anilines is 1. The van der Waals surface area contributed by atoms with Crippen LogP contribution < -0.4 is 4.90 Å². The molecule has 0 atom stereocenters. The maximum Gasteiger partial charge on any atom is 0.0650 e. The maximum absolute atomic E-state index is 4.54. The number of benzene rings is 1. The van der Waals surface area contributed by atoms with Gasteiger partial charge in [0.15, 0.2) is 0 Å². The Labute approximate surface area is 127 Å². The van der Waals surface area contributed by atoms with Crippen LogP contribution in [0.1, 0.15) is 36.1 Å². The second kappa shape index (κ2) is 6.57. The van der Waals surface area contributed by atoms with Crippen LogP contribution >= 0.6 is 0 Å². The van der Waals surface area contributed by atoms with Gasteiger partial charge in [-0.05, 0) is 49.5 Å². The lowest BCUT2D eigenvalue weighted by atomic mass is 10.1. The van der Waals surface area contributed by atoms with Crippen molar-refractivity contribution in [3.05, 3.63) is 59.4 Å². The minimum Gasteiger partial charge on any atom is -0.371 e. The zero-order valence-corrected chi connectivity index (χ0v) is 12.6. The molecule has 2 heteroatoms. The van der Waals surface area contributed by atoms with E-state index in [1.807, 2.05) is 12.3 Å². The Kier molecular flexibility index (Phi) is 4.34. The number of aryl methyl sites for hydroxylation is 1. The van der Waals surface area contributed by atoms with E-state index in [1.165, 1.54) is 49.2 Å². The second-order valence-electron chi connectivity index (χ2n) is 5.69. The molecule has 3 rings (SSSR count). The van der Waals surface area contributed by atoms with Crippen LogP contribution in [0.25, 0.3) is 12.2 Å². The number of piperidine rings is 1. The Hall–Kier alpha value is -2.09. The normalized spacial score (nSPS) is 15.6. The summed E-state index contributed by atoms with van der Waals surface area (Å²) in [4.78, 5) is 7.04. The Morgan fingerprint density at radius 2 is 1.76 bits per heavy atom. The standard InChI is InChI=1S/C19H22N2/c1-16-15-20-18(11-10-17-8-4-2-5-9-17)14-19(16)21-12-6-3-7-13-21/h2,4-5,8-11,14-15H,3,6-7,12-13H2,1H3/b11-10+. The van der Waals surface area contributed by atoms with E-state index in [0.29, 0.717) is 0 Å². The van der Waals surface area contributed by atoms with Gasteiger partial charge < -0.3 is 4.90 Å². The van der Waals surface area contributed by atoms with Crippen molar-refractivity contribution in [3.63, 3.8) is 0 Å². The summed E-state index contributed by atoms with van der Waals surface area (Å²) in [5, 5.41) is 0. The summed E-state index contributed by atoms with van der Waals surface area (Å²) in [5.74, 6) is 0. The number of pyridine rings is 1. The first kappa shape index (κ1) is 13.9. The highest BCUT2D eigenvalue weighted by Gasteiger charge is 2.13. The molecule has 0 unspecified atom stereocenters. The molecule has 0 aliphatic carbocycles. The molecule has 0 amide bonds. The van der Waals surface area contributed by atoms with Crippen LogP contribution in [0, 0.1) is 6.92 Å². The van der Waals surface area contributed by atoms with E-state index in [9.17, 15) is 0 Å². The van der Waals surface area contributed by atoms with Crippen LogP contribution in [0.4, 0.5) is 5.69 Å². The first-order valence-electron chi connectivity index (χ1n) is 7.78. The van der Waals surface area contributed by atoms with Crippen molar-refractivity contribution in [3.8, 4) is 0 Å². The average molecular weight is 278 g/mol. The maximum atomic E-state index is 4.54. The molecule has 0 spiro atoms. The van der Waals surface area contributed by atoms with Gasteiger partial charge in [-0.3, -0.25) is 4.98 Å². The van der Waals surface area contributed by atoms with Crippen LogP contribution in [0.15, 0.2) is 42.6 Å². The summed E-state index contributed by atoms with van der Waals surface area (Å²) >= 11 is 0. The van der Waals surface area contributed by atoms with Gasteiger partial charge in [-0.2, -0.15) is 0 Å². The molecule has 0 bridgehead atoms. The number of aromatic nitrogens is 1. The highest BCUT2D eigenvalue weighted by Crippen LogP contribution is 2.24. The number of hydrogen-bond donors (Lipinski definition) is 0. The topological polar surface area (TPSA) is 16.1 Å². The SMILES string of the molecule is Cc1cnc(/C=C/c2ccccc2)cc1N1CCCCC1. The lowest BCUT2D eigenvalue weighted by molar-refractivity contribution is 0.577. The van der Waals surface area contributed by atoms with Crippen molar-refractivity contribution in [1.82, 2.24) is 4.98 Å². The molecule has 21 heavy (non-hydrogen) atoms. The molecule has 1 aromatic heterocycles. The Balaban J connectivity index is 1.82. The van der Waals surface area contributed by atoms with E-state index in [2.05, 4.69) is 59.3 Å². The predicted molar refractivity (Wildman–Crippen MR) is 90.4 cm³/mol. The predicted octanol–water partition coefficient (Wildman–Crippen LogP) is 4.55. The lowest BCUT2D eigenvalue weighted by Gasteiger charge is -2.30. The minimum atomic E-state index is 1.03. The summed E-state index contributed by atoms with van der Waals surface area (Å²) < 4.78 is 0. The van der Waals surface area contributed by atoms with Gasteiger partial charge in [0, 0.05) is 25.0 Å².